The van der Waals surface area contributed by atoms with E-state index in [0.717, 1.165) is 11.3 Å². The summed E-state index contributed by atoms with van der Waals surface area (Å²) in [5.41, 5.74) is 1.25. The van der Waals surface area contributed by atoms with Crippen LogP contribution >= 0.6 is 11.6 Å². The van der Waals surface area contributed by atoms with Gasteiger partial charge in [-0.3, -0.25) is 4.79 Å². The van der Waals surface area contributed by atoms with E-state index in [0.29, 0.717) is 31.9 Å². The van der Waals surface area contributed by atoms with Crippen LogP contribution in [0.15, 0.2) is 42.5 Å². The molecular formula is C19H18ClNO5. The Bertz CT molecular complexity index is 808. The Labute approximate surface area is 156 Å². The molecule has 7 heteroatoms. The van der Waals surface area contributed by atoms with E-state index in [1.807, 2.05) is 18.2 Å². The molecule has 0 aliphatic carbocycles. The normalized spacial score (nSPS) is 12.3. The highest BCUT2D eigenvalue weighted by Crippen LogP contribution is 2.30. The van der Waals surface area contributed by atoms with E-state index < -0.39 is 5.97 Å². The molecule has 1 heterocycles. The molecule has 0 bridgehead atoms. The van der Waals surface area contributed by atoms with Gasteiger partial charge in [0.05, 0.1) is 10.6 Å². The van der Waals surface area contributed by atoms with Crippen molar-refractivity contribution in [2.45, 2.75) is 6.42 Å². The third-order valence-corrected chi connectivity index (χ3v) is 4.10. The molecule has 0 unspecified atom stereocenters. The SMILES string of the molecule is O=C(COC(=O)c1ccccc1Cl)NCCc1ccc2c(c1)OCCO2. The van der Waals surface area contributed by atoms with Gasteiger partial charge in [-0.15, -0.1) is 0 Å². The van der Waals surface area contributed by atoms with E-state index >= 15 is 0 Å². The van der Waals surface area contributed by atoms with Crippen LogP contribution in [-0.4, -0.2) is 38.2 Å². The smallest absolute Gasteiger partial charge is 0.340 e. The molecule has 0 spiro atoms. The molecule has 1 amide bonds. The summed E-state index contributed by atoms with van der Waals surface area (Å²) in [6, 6.07) is 12.2. The van der Waals surface area contributed by atoms with Crippen molar-refractivity contribution >= 4 is 23.5 Å². The predicted octanol–water partition coefficient (Wildman–Crippen LogP) is 2.63. The van der Waals surface area contributed by atoms with Gasteiger partial charge in [0.1, 0.15) is 13.2 Å². The lowest BCUT2D eigenvalue weighted by molar-refractivity contribution is -0.124. The van der Waals surface area contributed by atoms with Crippen molar-refractivity contribution in [1.82, 2.24) is 5.32 Å². The van der Waals surface area contributed by atoms with E-state index in [4.69, 9.17) is 25.8 Å². The van der Waals surface area contributed by atoms with Gasteiger partial charge in [0.2, 0.25) is 0 Å². The number of carbonyl (C=O) groups is 2. The van der Waals surface area contributed by atoms with Crippen molar-refractivity contribution in [3.05, 3.63) is 58.6 Å². The van der Waals surface area contributed by atoms with E-state index in [1.165, 1.54) is 0 Å². The first-order valence-electron chi connectivity index (χ1n) is 8.20. The average molecular weight is 376 g/mol. The third kappa shape index (κ3) is 4.67. The number of rotatable bonds is 6. The van der Waals surface area contributed by atoms with Crippen molar-refractivity contribution < 1.29 is 23.8 Å². The zero-order valence-electron chi connectivity index (χ0n) is 14.0. The summed E-state index contributed by atoms with van der Waals surface area (Å²) in [5.74, 6) is 0.449. The minimum atomic E-state index is -0.627. The fourth-order valence-electron chi connectivity index (χ4n) is 2.48. The second-order valence-corrected chi connectivity index (χ2v) is 6.04. The molecule has 136 valence electrons. The molecule has 2 aromatic carbocycles. The van der Waals surface area contributed by atoms with Crippen molar-refractivity contribution in [2.24, 2.45) is 0 Å². The van der Waals surface area contributed by atoms with Gasteiger partial charge in [-0.25, -0.2) is 4.79 Å². The Hall–Kier alpha value is -2.73. The summed E-state index contributed by atoms with van der Waals surface area (Å²) < 4.78 is 16.0. The summed E-state index contributed by atoms with van der Waals surface area (Å²) in [5, 5.41) is 3.00. The number of esters is 1. The number of fused-ring (bicyclic) bond motifs is 1. The first kappa shape index (κ1) is 18.1. The molecule has 3 rings (SSSR count). The summed E-state index contributed by atoms with van der Waals surface area (Å²) in [4.78, 5) is 23.7. The standard InChI is InChI=1S/C19H18ClNO5/c20-15-4-2-1-3-14(15)19(23)26-12-18(22)21-8-7-13-5-6-16-17(11-13)25-10-9-24-16/h1-6,11H,7-10,12H2,(H,21,22). The van der Waals surface area contributed by atoms with Crippen molar-refractivity contribution in [3.63, 3.8) is 0 Å². The molecule has 2 aromatic rings. The highest BCUT2D eigenvalue weighted by Gasteiger charge is 2.14. The second kappa shape index (κ2) is 8.58. The van der Waals surface area contributed by atoms with E-state index in [2.05, 4.69) is 5.32 Å². The molecule has 0 radical (unpaired) electrons. The van der Waals surface area contributed by atoms with Crippen LogP contribution < -0.4 is 14.8 Å². The van der Waals surface area contributed by atoms with Gasteiger partial charge in [0.15, 0.2) is 18.1 Å². The van der Waals surface area contributed by atoms with E-state index in [1.54, 1.807) is 24.3 Å². The van der Waals surface area contributed by atoms with Crippen LogP contribution in [0.25, 0.3) is 0 Å². The fourth-order valence-corrected chi connectivity index (χ4v) is 2.69. The summed E-state index contributed by atoms with van der Waals surface area (Å²) in [7, 11) is 0. The monoisotopic (exact) mass is 375 g/mol. The van der Waals surface area contributed by atoms with Crippen molar-refractivity contribution in [3.8, 4) is 11.5 Å². The number of amides is 1. The highest BCUT2D eigenvalue weighted by atomic mass is 35.5. The maximum Gasteiger partial charge on any atom is 0.340 e. The molecule has 0 atom stereocenters. The van der Waals surface area contributed by atoms with Gasteiger partial charge in [-0.05, 0) is 36.2 Å². The molecule has 0 aromatic heterocycles. The third-order valence-electron chi connectivity index (χ3n) is 3.77. The number of nitrogens with one attached hydrogen (secondary N) is 1. The Balaban J connectivity index is 1.42. The van der Waals surface area contributed by atoms with Crippen LogP contribution in [0.4, 0.5) is 0 Å². The van der Waals surface area contributed by atoms with Crippen LogP contribution in [0.2, 0.25) is 5.02 Å². The van der Waals surface area contributed by atoms with Gasteiger partial charge < -0.3 is 19.5 Å². The fraction of sp³-hybridized carbons (Fsp3) is 0.263. The molecule has 0 saturated heterocycles. The highest BCUT2D eigenvalue weighted by molar-refractivity contribution is 6.33. The second-order valence-electron chi connectivity index (χ2n) is 5.63. The first-order chi connectivity index (χ1) is 12.6. The number of ether oxygens (including phenoxy) is 3. The molecule has 0 saturated carbocycles. The minimum Gasteiger partial charge on any atom is -0.486 e. The Kier molecular flexibility index (Phi) is 5.96. The topological polar surface area (TPSA) is 73.9 Å². The van der Waals surface area contributed by atoms with Gasteiger partial charge in [0.25, 0.3) is 5.91 Å². The number of hydrogen-bond donors (Lipinski definition) is 1. The van der Waals surface area contributed by atoms with Gasteiger partial charge in [-0.2, -0.15) is 0 Å². The largest absolute Gasteiger partial charge is 0.486 e. The van der Waals surface area contributed by atoms with Crippen LogP contribution in [0.5, 0.6) is 11.5 Å². The summed E-state index contributed by atoms with van der Waals surface area (Å²) in [6.45, 7) is 1.15. The first-order valence-corrected chi connectivity index (χ1v) is 8.58. The molecule has 1 aliphatic rings. The molecule has 0 fully saturated rings. The van der Waals surface area contributed by atoms with Crippen molar-refractivity contribution in [1.29, 1.82) is 0 Å². The Morgan fingerprint density at radius 1 is 1.08 bits per heavy atom. The number of benzene rings is 2. The summed E-state index contributed by atoms with van der Waals surface area (Å²) >= 11 is 5.92. The van der Waals surface area contributed by atoms with Crippen LogP contribution in [0, 0.1) is 0 Å². The zero-order valence-corrected chi connectivity index (χ0v) is 14.8. The Morgan fingerprint density at radius 3 is 2.65 bits per heavy atom. The Morgan fingerprint density at radius 2 is 1.85 bits per heavy atom. The average Bonchev–Trinajstić information content (AvgIpc) is 2.66. The van der Waals surface area contributed by atoms with Gasteiger partial charge in [-0.1, -0.05) is 29.8 Å². The van der Waals surface area contributed by atoms with Gasteiger partial charge in [0, 0.05) is 6.54 Å². The summed E-state index contributed by atoms with van der Waals surface area (Å²) in [6.07, 6.45) is 0.626. The lowest BCUT2D eigenvalue weighted by atomic mass is 10.1. The number of hydrogen-bond acceptors (Lipinski definition) is 5. The lowest BCUT2D eigenvalue weighted by Crippen LogP contribution is -2.30. The number of carbonyl (C=O) groups excluding carboxylic acids is 2. The van der Waals surface area contributed by atoms with Crippen LogP contribution in [-0.2, 0) is 16.0 Å². The molecular weight excluding hydrogens is 358 g/mol. The minimum absolute atomic E-state index is 0.234. The van der Waals surface area contributed by atoms with Crippen molar-refractivity contribution in [2.75, 3.05) is 26.4 Å². The van der Waals surface area contributed by atoms with Crippen LogP contribution in [0.1, 0.15) is 15.9 Å². The zero-order chi connectivity index (χ0) is 18.4. The van der Waals surface area contributed by atoms with Crippen LogP contribution in [0.3, 0.4) is 0 Å². The molecule has 6 nitrogen and oxygen atoms in total. The van der Waals surface area contributed by atoms with E-state index in [-0.39, 0.29) is 23.1 Å². The lowest BCUT2D eigenvalue weighted by Gasteiger charge is -2.18. The maximum absolute atomic E-state index is 11.9. The van der Waals surface area contributed by atoms with E-state index in [9.17, 15) is 9.59 Å². The molecule has 1 N–H and O–H groups in total. The quantitative estimate of drug-likeness (QED) is 0.786. The maximum atomic E-state index is 11.9. The number of halogens is 1. The van der Waals surface area contributed by atoms with Gasteiger partial charge >= 0.3 is 5.97 Å². The molecule has 26 heavy (non-hydrogen) atoms. The molecule has 1 aliphatic heterocycles. The predicted molar refractivity (Wildman–Crippen MR) is 95.9 cm³/mol.